The average molecular weight is 149 g/mol. The fourth-order valence-electron chi connectivity index (χ4n) is 1.32. The lowest BCUT2D eigenvalue weighted by Crippen LogP contribution is -1.91. The van der Waals surface area contributed by atoms with Gasteiger partial charge in [-0.25, -0.2) is 0 Å². The highest BCUT2D eigenvalue weighted by atomic mass is 16.3. The van der Waals surface area contributed by atoms with Crippen molar-refractivity contribution in [2.45, 2.75) is 18.8 Å². The fourth-order valence-corrected chi connectivity index (χ4v) is 1.32. The van der Waals surface area contributed by atoms with E-state index in [1.54, 1.807) is 6.07 Å². The Bertz CT molecular complexity index is 279. The molecular formula is C9H11NO. The molecule has 2 heteroatoms. The maximum absolute atomic E-state index is 9.25. The second-order valence-corrected chi connectivity index (χ2v) is 3.05. The van der Waals surface area contributed by atoms with Crippen molar-refractivity contribution >= 4 is 5.69 Å². The lowest BCUT2D eigenvalue weighted by Gasteiger charge is -2.04. The summed E-state index contributed by atoms with van der Waals surface area (Å²) in [6, 6.07) is 5.47. The van der Waals surface area contributed by atoms with Crippen LogP contribution in [0.3, 0.4) is 0 Å². The minimum atomic E-state index is 0.217. The maximum atomic E-state index is 9.25. The first kappa shape index (κ1) is 6.53. The number of phenolic OH excluding ortho intramolecular Hbond substituents is 1. The standard InChI is InChI=1S/C9H11NO/c10-9-7(6-4-5-6)2-1-3-8(9)11/h1-3,6,11H,4-5,10H2. The molecule has 0 unspecified atom stereocenters. The van der Waals surface area contributed by atoms with Gasteiger partial charge in [0.25, 0.3) is 0 Å². The van der Waals surface area contributed by atoms with Gasteiger partial charge in [-0.1, -0.05) is 12.1 Å². The third kappa shape index (κ3) is 1.04. The SMILES string of the molecule is Nc1c(O)cccc1C1CC1. The molecule has 1 saturated carbocycles. The first-order valence-electron chi connectivity index (χ1n) is 3.86. The molecule has 1 aliphatic carbocycles. The Hall–Kier alpha value is -1.18. The Balaban J connectivity index is 2.45. The Labute approximate surface area is 65.7 Å². The van der Waals surface area contributed by atoms with Crippen LogP contribution in [0.25, 0.3) is 0 Å². The molecule has 0 amide bonds. The van der Waals surface area contributed by atoms with Crippen molar-refractivity contribution in [2.24, 2.45) is 0 Å². The van der Waals surface area contributed by atoms with Gasteiger partial charge in [-0.2, -0.15) is 0 Å². The van der Waals surface area contributed by atoms with Crippen LogP contribution in [0.2, 0.25) is 0 Å². The summed E-state index contributed by atoms with van der Waals surface area (Å²) in [5.74, 6) is 0.830. The van der Waals surface area contributed by atoms with Crippen LogP contribution >= 0.6 is 0 Å². The number of phenols is 1. The second-order valence-electron chi connectivity index (χ2n) is 3.05. The number of rotatable bonds is 1. The summed E-state index contributed by atoms with van der Waals surface area (Å²) in [7, 11) is 0. The highest BCUT2D eigenvalue weighted by Crippen LogP contribution is 2.44. The Kier molecular flexibility index (Phi) is 1.28. The zero-order chi connectivity index (χ0) is 7.84. The quantitative estimate of drug-likeness (QED) is 0.473. The van der Waals surface area contributed by atoms with Crippen LogP contribution in [-0.4, -0.2) is 5.11 Å². The molecule has 0 atom stereocenters. The first-order valence-corrected chi connectivity index (χ1v) is 3.86. The molecule has 2 rings (SSSR count). The molecule has 0 spiro atoms. The molecular weight excluding hydrogens is 138 g/mol. The number of nitrogen functional groups attached to an aromatic ring is 1. The van der Waals surface area contributed by atoms with E-state index in [-0.39, 0.29) is 5.75 Å². The van der Waals surface area contributed by atoms with Gasteiger partial charge in [-0.3, -0.25) is 0 Å². The van der Waals surface area contributed by atoms with Crippen molar-refractivity contribution < 1.29 is 5.11 Å². The van der Waals surface area contributed by atoms with Crippen LogP contribution in [-0.2, 0) is 0 Å². The molecule has 0 bridgehead atoms. The molecule has 0 saturated heterocycles. The van der Waals surface area contributed by atoms with E-state index < -0.39 is 0 Å². The van der Waals surface area contributed by atoms with Gasteiger partial charge in [0, 0.05) is 0 Å². The topological polar surface area (TPSA) is 46.2 Å². The van der Waals surface area contributed by atoms with Gasteiger partial charge in [0.15, 0.2) is 0 Å². The first-order chi connectivity index (χ1) is 5.29. The molecule has 3 N–H and O–H groups in total. The maximum Gasteiger partial charge on any atom is 0.138 e. The van der Waals surface area contributed by atoms with Gasteiger partial charge < -0.3 is 10.8 Å². The smallest absolute Gasteiger partial charge is 0.138 e. The number of benzene rings is 1. The van der Waals surface area contributed by atoms with E-state index in [1.165, 1.54) is 12.8 Å². The highest BCUT2D eigenvalue weighted by Gasteiger charge is 2.25. The molecule has 0 aliphatic heterocycles. The van der Waals surface area contributed by atoms with Crippen LogP contribution < -0.4 is 5.73 Å². The molecule has 0 radical (unpaired) electrons. The summed E-state index contributed by atoms with van der Waals surface area (Å²) in [5, 5.41) is 9.25. The average Bonchev–Trinajstić information content (AvgIpc) is 2.77. The predicted octanol–water partition coefficient (Wildman–Crippen LogP) is 1.85. The molecule has 2 nitrogen and oxygen atoms in total. The lowest BCUT2D eigenvalue weighted by molar-refractivity contribution is 0.477. The van der Waals surface area contributed by atoms with E-state index in [9.17, 15) is 5.11 Å². The number of para-hydroxylation sites is 1. The highest BCUT2D eigenvalue weighted by molar-refractivity contribution is 5.59. The molecule has 0 heterocycles. The number of hydrogen-bond acceptors (Lipinski definition) is 2. The monoisotopic (exact) mass is 149 g/mol. The predicted molar refractivity (Wildman–Crippen MR) is 44.5 cm³/mol. The minimum Gasteiger partial charge on any atom is -0.506 e. The molecule has 0 aromatic heterocycles. The van der Waals surface area contributed by atoms with Crippen molar-refractivity contribution in [1.29, 1.82) is 0 Å². The van der Waals surface area contributed by atoms with Crippen LogP contribution in [0.15, 0.2) is 18.2 Å². The summed E-state index contributed by atoms with van der Waals surface area (Å²) in [6.45, 7) is 0. The number of anilines is 1. The number of hydrogen-bond donors (Lipinski definition) is 2. The van der Waals surface area contributed by atoms with E-state index in [0.29, 0.717) is 11.6 Å². The molecule has 11 heavy (non-hydrogen) atoms. The minimum absolute atomic E-state index is 0.217. The summed E-state index contributed by atoms with van der Waals surface area (Å²) < 4.78 is 0. The van der Waals surface area contributed by atoms with Gasteiger partial charge in [-0.05, 0) is 30.4 Å². The Morgan fingerprint density at radius 2 is 2.09 bits per heavy atom. The molecule has 1 aromatic carbocycles. The largest absolute Gasteiger partial charge is 0.506 e. The fraction of sp³-hybridized carbons (Fsp3) is 0.333. The Morgan fingerprint density at radius 3 is 2.73 bits per heavy atom. The second kappa shape index (κ2) is 2.16. The molecule has 1 aliphatic rings. The van der Waals surface area contributed by atoms with E-state index in [0.717, 1.165) is 5.56 Å². The Morgan fingerprint density at radius 1 is 1.36 bits per heavy atom. The van der Waals surface area contributed by atoms with Gasteiger partial charge in [0.05, 0.1) is 5.69 Å². The normalized spacial score (nSPS) is 16.7. The summed E-state index contributed by atoms with van der Waals surface area (Å²) in [5.41, 5.74) is 7.35. The van der Waals surface area contributed by atoms with Crippen molar-refractivity contribution in [2.75, 3.05) is 5.73 Å². The summed E-state index contributed by atoms with van der Waals surface area (Å²) in [6.07, 6.45) is 2.43. The van der Waals surface area contributed by atoms with Crippen molar-refractivity contribution in [1.82, 2.24) is 0 Å². The van der Waals surface area contributed by atoms with Crippen LogP contribution in [0, 0.1) is 0 Å². The van der Waals surface area contributed by atoms with E-state index in [4.69, 9.17) is 5.73 Å². The van der Waals surface area contributed by atoms with Crippen LogP contribution in [0.5, 0.6) is 5.75 Å². The summed E-state index contributed by atoms with van der Waals surface area (Å²) in [4.78, 5) is 0. The van der Waals surface area contributed by atoms with Crippen molar-refractivity contribution in [3.63, 3.8) is 0 Å². The molecule has 58 valence electrons. The number of nitrogens with two attached hydrogens (primary N) is 1. The zero-order valence-corrected chi connectivity index (χ0v) is 6.25. The zero-order valence-electron chi connectivity index (χ0n) is 6.25. The van der Waals surface area contributed by atoms with Crippen molar-refractivity contribution in [3.8, 4) is 5.75 Å². The third-order valence-corrected chi connectivity index (χ3v) is 2.13. The molecule has 1 aromatic rings. The van der Waals surface area contributed by atoms with E-state index in [2.05, 4.69) is 0 Å². The van der Waals surface area contributed by atoms with Gasteiger partial charge in [-0.15, -0.1) is 0 Å². The van der Waals surface area contributed by atoms with Gasteiger partial charge in [0.1, 0.15) is 5.75 Å². The van der Waals surface area contributed by atoms with Gasteiger partial charge >= 0.3 is 0 Å². The van der Waals surface area contributed by atoms with E-state index >= 15 is 0 Å². The third-order valence-electron chi connectivity index (χ3n) is 2.13. The van der Waals surface area contributed by atoms with Crippen molar-refractivity contribution in [3.05, 3.63) is 23.8 Å². The van der Waals surface area contributed by atoms with E-state index in [1.807, 2.05) is 12.1 Å². The number of aromatic hydroxyl groups is 1. The molecule has 1 fully saturated rings. The lowest BCUT2D eigenvalue weighted by atomic mass is 10.1. The van der Waals surface area contributed by atoms with Crippen LogP contribution in [0.4, 0.5) is 5.69 Å². The van der Waals surface area contributed by atoms with Gasteiger partial charge in [0.2, 0.25) is 0 Å². The summed E-state index contributed by atoms with van der Waals surface area (Å²) >= 11 is 0. The van der Waals surface area contributed by atoms with Crippen LogP contribution in [0.1, 0.15) is 24.3 Å².